The van der Waals surface area contributed by atoms with Gasteiger partial charge in [-0.05, 0) is 41.9 Å². The Labute approximate surface area is 179 Å². The van der Waals surface area contributed by atoms with E-state index in [0.29, 0.717) is 6.54 Å². The van der Waals surface area contributed by atoms with Gasteiger partial charge >= 0.3 is 0 Å². The molecule has 0 aliphatic heterocycles. The summed E-state index contributed by atoms with van der Waals surface area (Å²) in [4.78, 5) is 26.5. The molecule has 30 heavy (non-hydrogen) atoms. The summed E-state index contributed by atoms with van der Waals surface area (Å²) in [6, 6.07) is 15.3. The molecule has 0 heterocycles. The van der Waals surface area contributed by atoms with Crippen LogP contribution >= 0.6 is 0 Å². The van der Waals surface area contributed by atoms with Crippen LogP contribution in [0.15, 0.2) is 48.5 Å². The van der Waals surface area contributed by atoms with Crippen molar-refractivity contribution in [3.63, 3.8) is 0 Å². The Morgan fingerprint density at radius 2 is 1.57 bits per heavy atom. The van der Waals surface area contributed by atoms with Crippen molar-refractivity contribution >= 4 is 11.8 Å². The first-order valence-corrected chi connectivity index (χ1v) is 10.4. The fraction of sp³-hybridized carbons (Fsp3) is 0.417. The molecule has 0 aliphatic carbocycles. The minimum Gasteiger partial charge on any atom is -0.497 e. The Morgan fingerprint density at radius 1 is 0.967 bits per heavy atom. The molecule has 162 valence electrons. The highest BCUT2D eigenvalue weighted by molar-refractivity contribution is 5.79. The number of hydrogen-bond acceptors (Lipinski definition) is 4. The van der Waals surface area contributed by atoms with Crippen LogP contribution in [0.1, 0.15) is 49.9 Å². The van der Waals surface area contributed by atoms with Gasteiger partial charge in [0, 0.05) is 20.0 Å². The third kappa shape index (κ3) is 7.52. The largest absolute Gasteiger partial charge is 0.497 e. The van der Waals surface area contributed by atoms with Crippen molar-refractivity contribution in [3.8, 4) is 5.75 Å². The highest BCUT2D eigenvalue weighted by Gasteiger charge is 2.17. The number of carbonyl (C=O) groups excluding carboxylic acids is 2. The minimum absolute atomic E-state index is 0.114. The summed E-state index contributed by atoms with van der Waals surface area (Å²) in [5.41, 5.74) is 3.17. The van der Waals surface area contributed by atoms with Gasteiger partial charge in [-0.2, -0.15) is 0 Å². The number of amides is 2. The van der Waals surface area contributed by atoms with Crippen LogP contribution in [-0.2, 0) is 22.7 Å². The number of ether oxygens (including phenoxy) is 1. The second kappa shape index (κ2) is 12.0. The Hall–Kier alpha value is -2.86. The van der Waals surface area contributed by atoms with Gasteiger partial charge in [0.1, 0.15) is 5.75 Å². The molecule has 1 atom stereocenters. The highest BCUT2D eigenvalue weighted by atomic mass is 16.5. The first-order chi connectivity index (χ1) is 14.4. The quantitative estimate of drug-likeness (QED) is 0.594. The molecule has 0 saturated heterocycles. The molecule has 1 unspecified atom stereocenters. The third-order valence-corrected chi connectivity index (χ3v) is 5.10. The molecule has 2 aromatic rings. The summed E-state index contributed by atoms with van der Waals surface area (Å²) in [6.07, 6.45) is 0.173. The van der Waals surface area contributed by atoms with Gasteiger partial charge in [-0.15, -0.1) is 0 Å². The van der Waals surface area contributed by atoms with Gasteiger partial charge in [0.2, 0.25) is 11.8 Å². The summed E-state index contributed by atoms with van der Waals surface area (Å²) in [5.74, 6) is 0.443. The lowest BCUT2D eigenvalue weighted by atomic mass is 10.0. The zero-order valence-corrected chi connectivity index (χ0v) is 18.4. The third-order valence-electron chi connectivity index (χ3n) is 5.10. The molecule has 0 bridgehead atoms. The summed E-state index contributed by atoms with van der Waals surface area (Å²) >= 11 is 0. The van der Waals surface area contributed by atoms with Crippen molar-refractivity contribution in [1.29, 1.82) is 0 Å². The molecule has 2 aromatic carbocycles. The maximum absolute atomic E-state index is 12.5. The van der Waals surface area contributed by atoms with E-state index in [2.05, 4.69) is 41.5 Å². The topological polar surface area (TPSA) is 70.7 Å². The second-order valence-corrected chi connectivity index (χ2v) is 7.29. The lowest BCUT2D eigenvalue weighted by Gasteiger charge is -2.19. The fourth-order valence-corrected chi connectivity index (χ4v) is 3.26. The van der Waals surface area contributed by atoms with Crippen molar-refractivity contribution in [2.75, 3.05) is 20.2 Å². The van der Waals surface area contributed by atoms with Crippen LogP contribution in [0.2, 0.25) is 0 Å². The molecule has 0 fully saturated rings. The summed E-state index contributed by atoms with van der Waals surface area (Å²) in [5, 5.41) is 5.81. The van der Waals surface area contributed by atoms with Gasteiger partial charge in [0.15, 0.2) is 0 Å². The summed E-state index contributed by atoms with van der Waals surface area (Å²) < 4.78 is 5.17. The van der Waals surface area contributed by atoms with Crippen molar-refractivity contribution in [3.05, 3.63) is 65.2 Å². The van der Waals surface area contributed by atoms with Crippen LogP contribution in [0.4, 0.5) is 0 Å². The number of rotatable bonds is 11. The van der Waals surface area contributed by atoms with Crippen LogP contribution < -0.4 is 15.4 Å². The molecule has 0 aliphatic rings. The Morgan fingerprint density at radius 3 is 2.10 bits per heavy atom. The van der Waals surface area contributed by atoms with Crippen LogP contribution in [0, 0.1) is 0 Å². The molecule has 2 N–H and O–H groups in total. The van der Waals surface area contributed by atoms with Crippen LogP contribution in [0.25, 0.3) is 0 Å². The average Bonchev–Trinajstić information content (AvgIpc) is 2.76. The highest BCUT2D eigenvalue weighted by Crippen LogP contribution is 2.20. The van der Waals surface area contributed by atoms with E-state index in [-0.39, 0.29) is 24.3 Å². The molecule has 0 saturated carbocycles. The van der Waals surface area contributed by atoms with Gasteiger partial charge < -0.3 is 15.4 Å². The van der Waals surface area contributed by atoms with E-state index in [0.717, 1.165) is 36.5 Å². The van der Waals surface area contributed by atoms with Crippen LogP contribution in [-0.4, -0.2) is 36.9 Å². The van der Waals surface area contributed by atoms with E-state index in [1.54, 1.807) is 7.11 Å². The van der Waals surface area contributed by atoms with Gasteiger partial charge in [0.05, 0.1) is 19.6 Å². The summed E-state index contributed by atoms with van der Waals surface area (Å²) in [7, 11) is 1.60. The lowest BCUT2D eigenvalue weighted by molar-refractivity contribution is -0.122. The van der Waals surface area contributed by atoms with Crippen molar-refractivity contribution in [2.24, 2.45) is 0 Å². The van der Waals surface area contributed by atoms with Gasteiger partial charge in [-0.3, -0.25) is 14.5 Å². The average molecular weight is 412 g/mol. The minimum atomic E-state index is -0.384. The lowest BCUT2D eigenvalue weighted by Crippen LogP contribution is -2.32. The SMILES string of the molecule is CCN(CC)Cc1ccc(CNC(=O)CC(NC(C)=O)c2ccc(OC)cc2)cc1. The smallest absolute Gasteiger partial charge is 0.222 e. The predicted molar refractivity (Wildman–Crippen MR) is 119 cm³/mol. The van der Waals surface area contributed by atoms with E-state index < -0.39 is 0 Å². The van der Waals surface area contributed by atoms with Crippen LogP contribution in [0.3, 0.4) is 0 Å². The Bertz CT molecular complexity index is 799. The molecule has 2 rings (SSSR count). The second-order valence-electron chi connectivity index (χ2n) is 7.29. The molecular weight excluding hydrogens is 378 g/mol. The van der Waals surface area contributed by atoms with E-state index in [9.17, 15) is 9.59 Å². The number of nitrogens with zero attached hydrogens (tertiary/aromatic N) is 1. The molecule has 6 nitrogen and oxygen atoms in total. The summed E-state index contributed by atoms with van der Waals surface area (Å²) in [6.45, 7) is 9.21. The zero-order valence-electron chi connectivity index (χ0n) is 18.4. The number of carbonyl (C=O) groups is 2. The van der Waals surface area contributed by atoms with Crippen molar-refractivity contribution in [2.45, 2.75) is 46.3 Å². The first kappa shape index (κ1) is 23.4. The molecule has 2 amide bonds. The number of hydrogen-bond donors (Lipinski definition) is 2. The molecule has 0 radical (unpaired) electrons. The number of benzene rings is 2. The molecule has 6 heteroatoms. The molecule has 0 spiro atoms. The van der Waals surface area contributed by atoms with Gasteiger partial charge in [-0.25, -0.2) is 0 Å². The van der Waals surface area contributed by atoms with E-state index in [1.165, 1.54) is 12.5 Å². The molecular formula is C24H33N3O3. The van der Waals surface area contributed by atoms with E-state index in [4.69, 9.17) is 4.74 Å². The Balaban J connectivity index is 1.92. The normalized spacial score (nSPS) is 11.8. The Kier molecular flexibility index (Phi) is 9.35. The molecule has 0 aromatic heterocycles. The van der Waals surface area contributed by atoms with E-state index in [1.807, 2.05) is 36.4 Å². The maximum Gasteiger partial charge on any atom is 0.222 e. The standard InChI is InChI=1S/C24H33N3O3/c1-5-27(6-2)17-20-9-7-19(8-10-20)16-25-24(29)15-23(26-18(3)28)21-11-13-22(30-4)14-12-21/h7-14,23H,5-6,15-17H2,1-4H3,(H,25,29)(H,26,28). The zero-order chi connectivity index (χ0) is 21.9. The van der Waals surface area contributed by atoms with Crippen molar-refractivity contribution < 1.29 is 14.3 Å². The fourth-order valence-electron chi connectivity index (χ4n) is 3.26. The number of methoxy groups -OCH3 is 1. The van der Waals surface area contributed by atoms with Gasteiger partial charge in [0.25, 0.3) is 0 Å². The van der Waals surface area contributed by atoms with Crippen molar-refractivity contribution in [1.82, 2.24) is 15.5 Å². The van der Waals surface area contributed by atoms with Crippen LogP contribution in [0.5, 0.6) is 5.75 Å². The maximum atomic E-state index is 12.5. The monoisotopic (exact) mass is 411 g/mol. The van der Waals surface area contributed by atoms with Gasteiger partial charge in [-0.1, -0.05) is 50.2 Å². The van der Waals surface area contributed by atoms with E-state index >= 15 is 0 Å². The first-order valence-electron chi connectivity index (χ1n) is 10.4. The number of nitrogens with one attached hydrogen (secondary N) is 2. The predicted octanol–water partition coefficient (Wildman–Crippen LogP) is 3.42.